The van der Waals surface area contributed by atoms with Gasteiger partial charge in [-0.05, 0) is 19.1 Å². The van der Waals surface area contributed by atoms with E-state index in [1.54, 1.807) is 13.0 Å². The second-order valence-electron chi connectivity index (χ2n) is 4.12. The van der Waals surface area contributed by atoms with Crippen LogP contribution in [0.4, 0.5) is 13.2 Å². The monoisotopic (exact) mass is 291 g/mol. The van der Waals surface area contributed by atoms with E-state index < -0.39 is 23.3 Å². The number of pyridine rings is 1. The second-order valence-corrected chi connectivity index (χ2v) is 4.12. The topological polar surface area (TPSA) is 55.7 Å². The van der Waals surface area contributed by atoms with Gasteiger partial charge in [0.05, 0.1) is 11.1 Å². The Bertz CT molecular complexity index is 731. The maximum absolute atomic E-state index is 12.4. The van der Waals surface area contributed by atoms with Crippen LogP contribution in [0.2, 0.25) is 0 Å². The van der Waals surface area contributed by atoms with Gasteiger partial charge in [-0.3, -0.25) is 4.79 Å². The number of terminal acetylenes is 1. The van der Waals surface area contributed by atoms with Gasteiger partial charge in [0.15, 0.2) is 0 Å². The Morgan fingerprint density at radius 1 is 1.24 bits per heavy atom. The van der Waals surface area contributed by atoms with Crippen LogP contribution in [-0.4, -0.2) is 20.7 Å². The van der Waals surface area contributed by atoms with Crippen molar-refractivity contribution < 1.29 is 18.0 Å². The molecular formula is C14H8F3N3O. The molecular weight excluding hydrogens is 283 g/mol. The third kappa shape index (κ3) is 3.05. The van der Waals surface area contributed by atoms with Crippen LogP contribution in [0.5, 0.6) is 0 Å². The molecule has 0 aliphatic rings. The summed E-state index contributed by atoms with van der Waals surface area (Å²) in [5.74, 6) is 1.18. The van der Waals surface area contributed by atoms with Crippen molar-refractivity contribution in [2.24, 2.45) is 0 Å². The molecule has 0 aliphatic heterocycles. The average Bonchev–Trinajstić information content (AvgIpc) is 2.45. The molecule has 21 heavy (non-hydrogen) atoms. The molecule has 0 saturated heterocycles. The fourth-order valence-electron chi connectivity index (χ4n) is 1.54. The van der Waals surface area contributed by atoms with Crippen molar-refractivity contribution in [2.45, 2.75) is 13.1 Å². The molecule has 0 aliphatic carbocycles. The molecule has 106 valence electrons. The number of aryl methyl sites for hydroxylation is 1. The molecule has 2 aromatic heterocycles. The summed E-state index contributed by atoms with van der Waals surface area (Å²) in [6, 6.07) is 3.15. The number of carbonyl (C=O) groups is 1. The number of aromatic nitrogens is 3. The summed E-state index contributed by atoms with van der Waals surface area (Å²) in [6.45, 7) is 1.66. The third-order valence-corrected chi connectivity index (χ3v) is 2.59. The normalized spacial score (nSPS) is 11.0. The highest BCUT2D eigenvalue weighted by Gasteiger charge is 2.31. The quantitative estimate of drug-likeness (QED) is 0.630. The molecule has 0 N–H and O–H groups in total. The molecule has 0 aromatic carbocycles. The van der Waals surface area contributed by atoms with Gasteiger partial charge in [0.2, 0.25) is 11.6 Å². The number of ketones is 1. The lowest BCUT2D eigenvalue weighted by atomic mass is 10.1. The maximum atomic E-state index is 12.4. The Balaban J connectivity index is 2.42. The van der Waals surface area contributed by atoms with Crippen molar-refractivity contribution in [1.82, 2.24) is 15.0 Å². The van der Waals surface area contributed by atoms with Crippen LogP contribution in [0.3, 0.4) is 0 Å². The van der Waals surface area contributed by atoms with Crippen molar-refractivity contribution >= 4 is 5.78 Å². The van der Waals surface area contributed by atoms with Gasteiger partial charge in [0, 0.05) is 18.1 Å². The van der Waals surface area contributed by atoms with Crippen LogP contribution in [0.25, 0.3) is 0 Å². The first-order valence-corrected chi connectivity index (χ1v) is 5.71. The first-order chi connectivity index (χ1) is 9.82. The van der Waals surface area contributed by atoms with Gasteiger partial charge in [-0.1, -0.05) is 5.92 Å². The summed E-state index contributed by atoms with van der Waals surface area (Å²) < 4.78 is 37.2. The fourth-order valence-corrected chi connectivity index (χ4v) is 1.54. The van der Waals surface area contributed by atoms with E-state index in [0.717, 1.165) is 0 Å². The predicted octanol–water partition coefficient (Wildman–Crippen LogP) is 2.41. The minimum absolute atomic E-state index is 0.0581. The number of carbonyl (C=O) groups excluding carboxylic acids is 1. The Morgan fingerprint density at radius 3 is 2.38 bits per heavy atom. The number of rotatable bonds is 2. The van der Waals surface area contributed by atoms with E-state index in [1.807, 2.05) is 0 Å². The summed E-state index contributed by atoms with van der Waals surface area (Å²) in [4.78, 5) is 23.0. The number of halogens is 3. The van der Waals surface area contributed by atoms with E-state index in [4.69, 9.17) is 6.42 Å². The molecule has 7 heteroatoms. The van der Waals surface area contributed by atoms with E-state index in [9.17, 15) is 18.0 Å². The zero-order valence-electron chi connectivity index (χ0n) is 10.8. The molecule has 0 atom stereocenters. The van der Waals surface area contributed by atoms with Crippen LogP contribution in [0.1, 0.15) is 33.1 Å². The molecule has 0 amide bonds. The molecule has 2 aromatic rings. The molecule has 2 heterocycles. The zero-order valence-corrected chi connectivity index (χ0v) is 10.8. The molecule has 0 saturated carbocycles. The van der Waals surface area contributed by atoms with Crippen molar-refractivity contribution in [3.8, 4) is 12.3 Å². The SMILES string of the molecule is C#Cc1ccc(C)nc1C(=O)c1ncc(C(F)(F)F)cn1. The minimum Gasteiger partial charge on any atom is -0.283 e. The Kier molecular flexibility index (Phi) is 3.72. The van der Waals surface area contributed by atoms with Gasteiger partial charge in [0.25, 0.3) is 0 Å². The first kappa shape index (κ1) is 14.7. The summed E-state index contributed by atoms with van der Waals surface area (Å²) >= 11 is 0. The van der Waals surface area contributed by atoms with Gasteiger partial charge in [-0.25, -0.2) is 15.0 Å². The van der Waals surface area contributed by atoms with Crippen LogP contribution in [0.15, 0.2) is 24.5 Å². The fraction of sp³-hybridized carbons (Fsp3) is 0.143. The average molecular weight is 291 g/mol. The van der Waals surface area contributed by atoms with E-state index in [1.165, 1.54) is 6.07 Å². The van der Waals surface area contributed by atoms with E-state index >= 15 is 0 Å². The Labute approximate surface area is 118 Å². The van der Waals surface area contributed by atoms with Crippen LogP contribution < -0.4 is 0 Å². The molecule has 0 spiro atoms. The second kappa shape index (κ2) is 5.32. The van der Waals surface area contributed by atoms with Gasteiger partial charge in [0.1, 0.15) is 5.69 Å². The summed E-state index contributed by atoms with van der Waals surface area (Å²) in [6.07, 6.45) is 1.80. The van der Waals surface area contributed by atoms with E-state index in [2.05, 4.69) is 20.9 Å². The Hall–Kier alpha value is -2.75. The summed E-state index contributed by atoms with van der Waals surface area (Å²) in [5, 5.41) is 0. The van der Waals surface area contributed by atoms with Crippen LogP contribution in [-0.2, 0) is 6.18 Å². The molecule has 0 unspecified atom stereocenters. The lowest BCUT2D eigenvalue weighted by Crippen LogP contribution is -2.14. The molecule has 0 radical (unpaired) electrons. The van der Waals surface area contributed by atoms with E-state index in [-0.39, 0.29) is 11.3 Å². The number of hydrogen-bond donors (Lipinski definition) is 0. The minimum atomic E-state index is -4.56. The highest BCUT2D eigenvalue weighted by molar-refractivity contribution is 6.06. The maximum Gasteiger partial charge on any atom is 0.419 e. The standard InChI is InChI=1S/C14H8F3N3O/c1-3-9-5-4-8(2)20-11(9)12(21)13-18-6-10(7-19-13)14(15,16)17/h1,4-7H,2H3. The highest BCUT2D eigenvalue weighted by Crippen LogP contribution is 2.27. The molecule has 0 bridgehead atoms. The number of alkyl halides is 3. The highest BCUT2D eigenvalue weighted by atomic mass is 19.4. The van der Waals surface area contributed by atoms with Gasteiger partial charge in [-0.15, -0.1) is 6.42 Å². The van der Waals surface area contributed by atoms with Gasteiger partial charge < -0.3 is 0 Å². The molecule has 0 fully saturated rings. The summed E-state index contributed by atoms with van der Waals surface area (Å²) in [5.41, 5.74) is -0.316. The van der Waals surface area contributed by atoms with Gasteiger partial charge >= 0.3 is 6.18 Å². The largest absolute Gasteiger partial charge is 0.419 e. The van der Waals surface area contributed by atoms with E-state index in [0.29, 0.717) is 18.1 Å². The van der Waals surface area contributed by atoms with Gasteiger partial charge in [-0.2, -0.15) is 13.2 Å². The predicted molar refractivity (Wildman–Crippen MR) is 67.4 cm³/mol. The first-order valence-electron chi connectivity index (χ1n) is 5.71. The number of hydrogen-bond acceptors (Lipinski definition) is 4. The number of nitrogens with zero attached hydrogens (tertiary/aromatic N) is 3. The smallest absolute Gasteiger partial charge is 0.283 e. The van der Waals surface area contributed by atoms with Crippen molar-refractivity contribution in [3.63, 3.8) is 0 Å². The molecule has 2 rings (SSSR count). The summed E-state index contributed by atoms with van der Waals surface area (Å²) in [7, 11) is 0. The van der Waals surface area contributed by atoms with Crippen molar-refractivity contribution in [1.29, 1.82) is 0 Å². The Morgan fingerprint density at radius 2 is 1.86 bits per heavy atom. The molecule has 4 nitrogen and oxygen atoms in total. The van der Waals surface area contributed by atoms with Crippen LogP contribution in [0, 0.1) is 19.3 Å². The zero-order chi connectivity index (χ0) is 15.6. The van der Waals surface area contributed by atoms with Crippen molar-refractivity contribution in [3.05, 3.63) is 52.9 Å². The van der Waals surface area contributed by atoms with Crippen molar-refractivity contribution in [2.75, 3.05) is 0 Å². The van der Waals surface area contributed by atoms with Crippen LogP contribution >= 0.6 is 0 Å². The third-order valence-electron chi connectivity index (χ3n) is 2.59. The lowest BCUT2D eigenvalue weighted by Gasteiger charge is -2.06. The lowest BCUT2D eigenvalue weighted by molar-refractivity contribution is -0.138.